The number of rotatable bonds is 6. The Balaban J connectivity index is 1.99. The third kappa shape index (κ3) is 3.88. The first kappa shape index (κ1) is 16.5. The quantitative estimate of drug-likeness (QED) is 0.854. The van der Waals surface area contributed by atoms with Gasteiger partial charge in [0.15, 0.2) is 0 Å². The summed E-state index contributed by atoms with van der Waals surface area (Å²) in [6.07, 6.45) is -1.10. The zero-order valence-electron chi connectivity index (χ0n) is 12.3. The second-order valence-electron chi connectivity index (χ2n) is 4.70. The third-order valence-electron chi connectivity index (χ3n) is 3.04. The molecule has 2 rings (SSSR count). The number of carbonyl (C=O) groups is 1. The van der Waals surface area contributed by atoms with Crippen LogP contribution in [0.5, 0.6) is 0 Å². The number of halogens is 1. The standard InChI is InChI=1S/C15H17FN2O3S/c1-9-14(22-13(18-9)8-21-2)15(20)17-7-12(19)10-5-3-4-6-11(10)16/h3-6,12,19H,7-8H2,1-2H3,(H,17,20). The first-order chi connectivity index (χ1) is 10.5. The number of nitrogens with zero attached hydrogens (tertiary/aromatic N) is 1. The first-order valence-corrected chi connectivity index (χ1v) is 7.50. The Morgan fingerprint density at radius 1 is 1.50 bits per heavy atom. The molecule has 1 amide bonds. The highest BCUT2D eigenvalue weighted by Gasteiger charge is 2.18. The van der Waals surface area contributed by atoms with Gasteiger partial charge >= 0.3 is 0 Å². The molecule has 0 aliphatic rings. The molecule has 1 heterocycles. The van der Waals surface area contributed by atoms with E-state index in [4.69, 9.17) is 4.74 Å². The van der Waals surface area contributed by atoms with Crippen molar-refractivity contribution < 1.29 is 19.0 Å². The van der Waals surface area contributed by atoms with Gasteiger partial charge in [-0.2, -0.15) is 0 Å². The molecular formula is C15H17FN2O3S. The monoisotopic (exact) mass is 324 g/mol. The second-order valence-corrected chi connectivity index (χ2v) is 5.79. The van der Waals surface area contributed by atoms with E-state index in [9.17, 15) is 14.3 Å². The van der Waals surface area contributed by atoms with Crippen LogP contribution >= 0.6 is 11.3 Å². The third-order valence-corrected chi connectivity index (χ3v) is 4.16. The van der Waals surface area contributed by atoms with Gasteiger partial charge in [-0.15, -0.1) is 11.3 Å². The predicted molar refractivity (Wildman–Crippen MR) is 81.3 cm³/mol. The van der Waals surface area contributed by atoms with Crippen LogP contribution in [0.2, 0.25) is 0 Å². The molecule has 0 bridgehead atoms. The van der Waals surface area contributed by atoms with Gasteiger partial charge in [0.2, 0.25) is 0 Å². The van der Waals surface area contributed by atoms with Crippen LogP contribution in [0.1, 0.15) is 32.0 Å². The van der Waals surface area contributed by atoms with Gasteiger partial charge in [-0.05, 0) is 13.0 Å². The number of nitrogens with one attached hydrogen (secondary N) is 1. The molecule has 0 aliphatic carbocycles. The Hall–Kier alpha value is -1.83. The predicted octanol–water partition coefficient (Wildman–Crippen LogP) is 2.20. The summed E-state index contributed by atoms with van der Waals surface area (Å²) in [5, 5.41) is 13.3. The maximum absolute atomic E-state index is 13.5. The van der Waals surface area contributed by atoms with Crippen molar-refractivity contribution in [2.45, 2.75) is 19.6 Å². The zero-order valence-corrected chi connectivity index (χ0v) is 13.1. The molecule has 118 valence electrons. The normalized spacial score (nSPS) is 12.2. The molecule has 0 spiro atoms. The van der Waals surface area contributed by atoms with E-state index in [0.29, 0.717) is 22.2 Å². The Kier molecular flexibility index (Phi) is 5.59. The van der Waals surface area contributed by atoms with Crippen LogP contribution in [0.4, 0.5) is 4.39 Å². The number of aliphatic hydroxyl groups excluding tert-OH is 1. The Morgan fingerprint density at radius 3 is 2.91 bits per heavy atom. The maximum Gasteiger partial charge on any atom is 0.263 e. The number of hydrogen-bond acceptors (Lipinski definition) is 5. The fourth-order valence-corrected chi connectivity index (χ4v) is 2.93. The van der Waals surface area contributed by atoms with Gasteiger partial charge < -0.3 is 15.2 Å². The van der Waals surface area contributed by atoms with Crippen LogP contribution < -0.4 is 5.32 Å². The Bertz CT molecular complexity index is 660. The number of carbonyl (C=O) groups excluding carboxylic acids is 1. The van der Waals surface area contributed by atoms with Crippen LogP contribution in [-0.2, 0) is 11.3 Å². The SMILES string of the molecule is COCc1nc(C)c(C(=O)NCC(O)c2ccccc2F)s1. The molecule has 22 heavy (non-hydrogen) atoms. The van der Waals surface area contributed by atoms with Crippen LogP contribution in [0.3, 0.4) is 0 Å². The molecule has 2 N–H and O–H groups in total. The van der Waals surface area contributed by atoms with E-state index in [0.717, 1.165) is 0 Å². The number of benzene rings is 1. The Labute approximate surface area is 131 Å². The zero-order chi connectivity index (χ0) is 16.1. The molecule has 1 aromatic carbocycles. The lowest BCUT2D eigenvalue weighted by molar-refractivity contribution is 0.0917. The van der Waals surface area contributed by atoms with Gasteiger partial charge in [0.1, 0.15) is 15.7 Å². The van der Waals surface area contributed by atoms with Crippen LogP contribution in [-0.4, -0.2) is 29.7 Å². The molecule has 1 unspecified atom stereocenters. The van der Waals surface area contributed by atoms with Gasteiger partial charge in [-0.3, -0.25) is 4.79 Å². The van der Waals surface area contributed by atoms with Crippen molar-refractivity contribution in [2.75, 3.05) is 13.7 Å². The summed E-state index contributed by atoms with van der Waals surface area (Å²) in [6.45, 7) is 2.01. The lowest BCUT2D eigenvalue weighted by Crippen LogP contribution is -2.28. The van der Waals surface area contributed by atoms with Crippen molar-refractivity contribution in [3.63, 3.8) is 0 Å². The summed E-state index contributed by atoms with van der Waals surface area (Å²) >= 11 is 1.24. The molecule has 7 heteroatoms. The minimum atomic E-state index is -1.10. The number of ether oxygens (including phenoxy) is 1. The van der Waals surface area contributed by atoms with Gasteiger partial charge in [-0.1, -0.05) is 18.2 Å². The average molecular weight is 324 g/mol. The molecule has 1 atom stereocenters. The number of aliphatic hydroxyl groups is 1. The van der Waals surface area contributed by atoms with Gasteiger partial charge in [-0.25, -0.2) is 9.37 Å². The fraction of sp³-hybridized carbons (Fsp3) is 0.333. The van der Waals surface area contributed by atoms with Crippen molar-refractivity contribution in [1.82, 2.24) is 10.3 Å². The van der Waals surface area contributed by atoms with E-state index in [-0.39, 0.29) is 18.0 Å². The lowest BCUT2D eigenvalue weighted by Gasteiger charge is -2.12. The molecule has 5 nitrogen and oxygen atoms in total. The van der Waals surface area contributed by atoms with E-state index < -0.39 is 11.9 Å². The molecule has 0 radical (unpaired) electrons. The topological polar surface area (TPSA) is 71.5 Å². The second kappa shape index (κ2) is 7.44. The number of thiazole rings is 1. The van der Waals surface area contributed by atoms with E-state index in [1.54, 1.807) is 26.2 Å². The molecule has 0 fully saturated rings. The molecule has 0 aliphatic heterocycles. The van der Waals surface area contributed by atoms with Crippen LogP contribution in [0.25, 0.3) is 0 Å². The van der Waals surface area contributed by atoms with Crippen molar-refractivity contribution in [3.8, 4) is 0 Å². The summed E-state index contributed by atoms with van der Waals surface area (Å²) < 4.78 is 18.5. The molecule has 2 aromatic rings. The minimum absolute atomic E-state index is 0.0727. The highest BCUT2D eigenvalue weighted by molar-refractivity contribution is 7.13. The molecule has 0 saturated heterocycles. The summed E-state index contributed by atoms with van der Waals surface area (Å²) in [4.78, 5) is 16.8. The minimum Gasteiger partial charge on any atom is -0.386 e. The highest BCUT2D eigenvalue weighted by atomic mass is 32.1. The number of methoxy groups -OCH3 is 1. The van der Waals surface area contributed by atoms with E-state index in [2.05, 4.69) is 10.3 Å². The van der Waals surface area contributed by atoms with Gasteiger partial charge in [0.25, 0.3) is 5.91 Å². The van der Waals surface area contributed by atoms with Gasteiger partial charge in [0.05, 0.1) is 18.4 Å². The molecule has 1 aromatic heterocycles. The number of aromatic nitrogens is 1. The average Bonchev–Trinajstić information content (AvgIpc) is 2.86. The van der Waals surface area contributed by atoms with Crippen molar-refractivity contribution in [1.29, 1.82) is 0 Å². The number of aryl methyl sites for hydroxylation is 1. The summed E-state index contributed by atoms with van der Waals surface area (Å²) in [7, 11) is 1.56. The largest absolute Gasteiger partial charge is 0.386 e. The van der Waals surface area contributed by atoms with Crippen molar-refractivity contribution in [3.05, 3.63) is 51.2 Å². The van der Waals surface area contributed by atoms with Gasteiger partial charge in [0, 0.05) is 19.2 Å². The van der Waals surface area contributed by atoms with Crippen LogP contribution in [0.15, 0.2) is 24.3 Å². The maximum atomic E-state index is 13.5. The first-order valence-electron chi connectivity index (χ1n) is 6.69. The number of hydrogen-bond donors (Lipinski definition) is 2. The smallest absolute Gasteiger partial charge is 0.263 e. The van der Waals surface area contributed by atoms with Crippen LogP contribution in [0, 0.1) is 12.7 Å². The fourth-order valence-electron chi connectivity index (χ4n) is 1.97. The summed E-state index contributed by atoms with van der Waals surface area (Å²) in [5.41, 5.74) is 0.763. The lowest BCUT2D eigenvalue weighted by atomic mass is 10.1. The summed E-state index contributed by atoms with van der Waals surface area (Å²) in [6, 6.07) is 5.93. The van der Waals surface area contributed by atoms with Crippen molar-refractivity contribution in [2.24, 2.45) is 0 Å². The Morgan fingerprint density at radius 2 is 2.23 bits per heavy atom. The summed E-state index contributed by atoms with van der Waals surface area (Å²) in [5.74, 6) is -0.839. The van der Waals surface area contributed by atoms with Crippen molar-refractivity contribution >= 4 is 17.2 Å². The van der Waals surface area contributed by atoms with E-state index in [1.807, 2.05) is 0 Å². The number of amides is 1. The molecular weight excluding hydrogens is 307 g/mol. The van der Waals surface area contributed by atoms with E-state index >= 15 is 0 Å². The van der Waals surface area contributed by atoms with E-state index in [1.165, 1.54) is 23.5 Å². The molecule has 0 saturated carbocycles. The highest BCUT2D eigenvalue weighted by Crippen LogP contribution is 2.19.